The highest BCUT2D eigenvalue weighted by Gasteiger charge is 2.26. The maximum atomic E-state index is 5.46. The average molecular weight is 311 g/mol. The summed E-state index contributed by atoms with van der Waals surface area (Å²) in [6.45, 7) is 12.9. The van der Waals surface area contributed by atoms with Crippen LogP contribution in [0.2, 0.25) is 0 Å². The minimum absolute atomic E-state index is 0.102. The van der Waals surface area contributed by atoms with Crippen LogP contribution in [0.5, 0.6) is 0 Å². The van der Waals surface area contributed by atoms with Crippen molar-refractivity contribution in [2.24, 2.45) is 0 Å². The maximum Gasteiger partial charge on any atom is 0.185 e. The largest absolute Gasteiger partial charge is 0.381 e. The monoisotopic (exact) mass is 311 g/mol. The second-order valence-corrected chi connectivity index (χ2v) is 7.78. The average Bonchev–Trinajstić information content (AvgIpc) is 2.89. The molecule has 120 valence electrons. The molecule has 0 radical (unpaired) electrons. The summed E-state index contributed by atoms with van der Waals surface area (Å²) in [5.41, 5.74) is 1.35. The second-order valence-electron chi connectivity index (χ2n) is 6.72. The smallest absolute Gasteiger partial charge is 0.185 e. The van der Waals surface area contributed by atoms with E-state index in [1.807, 2.05) is 18.4 Å². The number of methoxy groups -OCH3 is 1. The van der Waals surface area contributed by atoms with Gasteiger partial charge in [0.2, 0.25) is 0 Å². The summed E-state index contributed by atoms with van der Waals surface area (Å²) in [5, 5.41) is 4.62. The van der Waals surface area contributed by atoms with Crippen LogP contribution in [-0.4, -0.2) is 37.8 Å². The highest BCUT2D eigenvalue weighted by atomic mass is 32.1. The lowest BCUT2D eigenvalue weighted by molar-refractivity contribution is 0.0819. The molecule has 21 heavy (non-hydrogen) atoms. The van der Waals surface area contributed by atoms with Gasteiger partial charge in [-0.05, 0) is 19.4 Å². The van der Waals surface area contributed by atoms with Crippen LogP contribution in [0.4, 0.5) is 5.13 Å². The molecular weight excluding hydrogens is 282 g/mol. The minimum Gasteiger partial charge on any atom is -0.381 e. The van der Waals surface area contributed by atoms with Crippen LogP contribution < -0.4 is 10.2 Å². The number of nitrogens with one attached hydrogen (secondary N) is 1. The lowest BCUT2D eigenvalue weighted by Crippen LogP contribution is -2.36. The molecule has 1 aromatic heterocycles. The van der Waals surface area contributed by atoms with Crippen LogP contribution in [0.1, 0.15) is 51.1 Å². The van der Waals surface area contributed by atoms with Crippen molar-refractivity contribution in [1.29, 1.82) is 0 Å². The lowest BCUT2D eigenvalue weighted by atomic mass is 9.91. The first kappa shape index (κ1) is 16.7. The van der Waals surface area contributed by atoms with Crippen molar-refractivity contribution >= 4 is 16.5 Å². The number of rotatable bonds is 5. The number of hydrogen-bond donors (Lipinski definition) is 1. The first-order valence-corrected chi connectivity index (χ1v) is 8.76. The van der Waals surface area contributed by atoms with Crippen LogP contribution in [0.25, 0.3) is 0 Å². The molecule has 2 heterocycles. The molecule has 0 aromatic carbocycles. The van der Waals surface area contributed by atoms with E-state index in [2.05, 4.69) is 37.9 Å². The molecule has 4 nitrogen and oxygen atoms in total. The van der Waals surface area contributed by atoms with Gasteiger partial charge in [-0.3, -0.25) is 0 Å². The first-order chi connectivity index (χ1) is 9.95. The number of aromatic nitrogens is 1. The molecule has 0 unspecified atom stereocenters. The van der Waals surface area contributed by atoms with Gasteiger partial charge in [-0.1, -0.05) is 27.7 Å². The predicted octanol–water partition coefficient (Wildman–Crippen LogP) is 3.17. The van der Waals surface area contributed by atoms with E-state index in [4.69, 9.17) is 9.72 Å². The van der Waals surface area contributed by atoms with Crippen LogP contribution >= 0.6 is 11.3 Å². The summed E-state index contributed by atoms with van der Waals surface area (Å²) >= 11 is 1.85. The fourth-order valence-electron chi connectivity index (χ4n) is 2.70. The fraction of sp³-hybridized carbons (Fsp3) is 0.812. The van der Waals surface area contributed by atoms with E-state index in [1.165, 1.54) is 15.7 Å². The van der Waals surface area contributed by atoms with Gasteiger partial charge in [0.05, 0.1) is 11.8 Å². The summed E-state index contributed by atoms with van der Waals surface area (Å²) in [5.74, 6) is 0. The summed E-state index contributed by atoms with van der Waals surface area (Å²) < 4.78 is 5.46. The van der Waals surface area contributed by atoms with E-state index in [0.717, 1.165) is 39.0 Å². The number of anilines is 1. The van der Waals surface area contributed by atoms with E-state index in [9.17, 15) is 0 Å². The normalized spacial score (nSPS) is 17.5. The van der Waals surface area contributed by atoms with Crippen molar-refractivity contribution in [3.05, 3.63) is 10.6 Å². The van der Waals surface area contributed by atoms with Crippen LogP contribution in [0, 0.1) is 0 Å². The van der Waals surface area contributed by atoms with Gasteiger partial charge >= 0.3 is 0 Å². The molecule has 0 spiro atoms. The minimum atomic E-state index is 0.102. The zero-order valence-electron chi connectivity index (χ0n) is 14.0. The Morgan fingerprint density at radius 3 is 2.52 bits per heavy atom. The zero-order chi connectivity index (χ0) is 15.5. The molecule has 1 aromatic rings. The third-order valence-electron chi connectivity index (χ3n) is 3.98. The predicted molar refractivity (Wildman–Crippen MR) is 90.4 cm³/mol. The summed E-state index contributed by atoms with van der Waals surface area (Å²) in [6.07, 6.45) is 2.62. The molecule has 0 bridgehead atoms. The Kier molecular flexibility index (Phi) is 5.63. The highest BCUT2D eigenvalue weighted by molar-refractivity contribution is 7.15. The van der Waals surface area contributed by atoms with E-state index < -0.39 is 0 Å². The van der Waals surface area contributed by atoms with E-state index >= 15 is 0 Å². The Bertz CT molecular complexity index is 445. The van der Waals surface area contributed by atoms with Crippen molar-refractivity contribution in [3.63, 3.8) is 0 Å². The van der Waals surface area contributed by atoms with Crippen molar-refractivity contribution in [2.75, 3.05) is 31.6 Å². The summed E-state index contributed by atoms with van der Waals surface area (Å²) in [4.78, 5) is 8.78. The molecule has 0 amide bonds. The lowest BCUT2D eigenvalue weighted by Gasteiger charge is -2.31. The van der Waals surface area contributed by atoms with E-state index in [-0.39, 0.29) is 5.41 Å². The van der Waals surface area contributed by atoms with Gasteiger partial charge in [0.15, 0.2) is 5.13 Å². The Morgan fingerprint density at radius 1 is 1.33 bits per heavy atom. The number of thiazole rings is 1. The third-order valence-corrected chi connectivity index (χ3v) is 5.09. The SMILES string of the molecule is CCNCc1sc(N2CCC(OC)CC2)nc1C(C)(C)C. The molecule has 2 rings (SSSR count). The summed E-state index contributed by atoms with van der Waals surface area (Å²) in [6, 6.07) is 0. The molecule has 0 saturated carbocycles. The van der Waals surface area contributed by atoms with Crippen molar-refractivity contribution < 1.29 is 4.74 Å². The van der Waals surface area contributed by atoms with Gasteiger partial charge in [-0.25, -0.2) is 4.98 Å². The Hall–Kier alpha value is -0.650. The van der Waals surface area contributed by atoms with Crippen LogP contribution in [0.15, 0.2) is 0 Å². The molecule has 1 N–H and O–H groups in total. The number of ether oxygens (including phenoxy) is 1. The highest BCUT2D eigenvalue weighted by Crippen LogP contribution is 2.35. The number of hydrogen-bond acceptors (Lipinski definition) is 5. The van der Waals surface area contributed by atoms with Gasteiger partial charge in [0.25, 0.3) is 0 Å². The molecule has 1 aliphatic rings. The molecule has 5 heteroatoms. The Morgan fingerprint density at radius 2 is 2.00 bits per heavy atom. The Balaban J connectivity index is 2.15. The van der Waals surface area contributed by atoms with Crippen molar-refractivity contribution in [3.8, 4) is 0 Å². The van der Waals surface area contributed by atoms with Gasteiger partial charge in [0.1, 0.15) is 0 Å². The number of nitrogens with zero attached hydrogens (tertiary/aromatic N) is 2. The van der Waals surface area contributed by atoms with Crippen molar-refractivity contribution in [2.45, 2.75) is 58.6 Å². The standard InChI is InChI=1S/C16H29N3OS/c1-6-17-11-13-14(16(2,3)4)18-15(21-13)19-9-7-12(20-5)8-10-19/h12,17H,6-11H2,1-5H3. The summed E-state index contributed by atoms with van der Waals surface area (Å²) in [7, 11) is 1.82. The fourth-order valence-corrected chi connectivity index (χ4v) is 3.99. The topological polar surface area (TPSA) is 37.4 Å². The first-order valence-electron chi connectivity index (χ1n) is 7.94. The van der Waals surface area contributed by atoms with Gasteiger partial charge in [-0.15, -0.1) is 11.3 Å². The second kappa shape index (κ2) is 7.07. The Labute approximate surface area is 132 Å². The zero-order valence-corrected chi connectivity index (χ0v) is 14.8. The van der Waals surface area contributed by atoms with Gasteiger partial charge in [-0.2, -0.15) is 0 Å². The quantitative estimate of drug-likeness (QED) is 0.906. The maximum absolute atomic E-state index is 5.46. The third kappa shape index (κ3) is 4.18. The van der Waals surface area contributed by atoms with Gasteiger partial charge in [0, 0.05) is 37.0 Å². The van der Waals surface area contributed by atoms with E-state index in [1.54, 1.807) is 0 Å². The molecular formula is C16H29N3OS. The molecule has 0 aliphatic carbocycles. The van der Waals surface area contributed by atoms with Crippen LogP contribution in [-0.2, 0) is 16.7 Å². The van der Waals surface area contributed by atoms with E-state index in [0.29, 0.717) is 6.10 Å². The van der Waals surface area contributed by atoms with Gasteiger partial charge < -0.3 is 15.0 Å². The molecule has 1 aliphatic heterocycles. The van der Waals surface area contributed by atoms with Crippen LogP contribution in [0.3, 0.4) is 0 Å². The molecule has 0 atom stereocenters. The molecule has 1 fully saturated rings. The number of piperidine rings is 1. The van der Waals surface area contributed by atoms with Crippen molar-refractivity contribution in [1.82, 2.24) is 10.3 Å². The molecule has 1 saturated heterocycles.